The van der Waals surface area contributed by atoms with E-state index in [2.05, 4.69) is 29.1 Å². The van der Waals surface area contributed by atoms with E-state index in [1.54, 1.807) is 17.4 Å². The van der Waals surface area contributed by atoms with Crippen molar-refractivity contribution >= 4 is 34.5 Å². The van der Waals surface area contributed by atoms with Gasteiger partial charge in [-0.05, 0) is 53.1 Å². The van der Waals surface area contributed by atoms with Gasteiger partial charge in [-0.25, -0.2) is 0 Å². The van der Waals surface area contributed by atoms with Gasteiger partial charge >= 0.3 is 0 Å². The highest BCUT2D eigenvalue weighted by atomic mass is 35.5. The maximum atomic E-state index is 6.16. The van der Waals surface area contributed by atoms with Gasteiger partial charge in [0, 0.05) is 22.6 Å². The lowest BCUT2D eigenvalue weighted by Crippen LogP contribution is -2.18. The second-order valence-corrected chi connectivity index (χ2v) is 5.52. The zero-order chi connectivity index (χ0) is 12.3. The third-order valence-electron chi connectivity index (χ3n) is 2.62. The van der Waals surface area contributed by atoms with Gasteiger partial charge in [-0.15, -0.1) is 0 Å². The van der Waals surface area contributed by atoms with Gasteiger partial charge in [0.15, 0.2) is 0 Å². The summed E-state index contributed by atoms with van der Waals surface area (Å²) in [5.74, 6) is 0. The van der Waals surface area contributed by atoms with E-state index >= 15 is 0 Å². The number of hydrogen-bond acceptors (Lipinski definition) is 2. The van der Waals surface area contributed by atoms with Crippen LogP contribution in [0.5, 0.6) is 0 Å². The lowest BCUT2D eigenvalue weighted by molar-refractivity contribution is 0.575. The fourth-order valence-electron chi connectivity index (χ4n) is 1.62. The van der Waals surface area contributed by atoms with Gasteiger partial charge in [0.1, 0.15) is 0 Å². The molecule has 0 aliphatic rings. The van der Waals surface area contributed by atoms with Crippen LogP contribution in [0.4, 0.5) is 0 Å². The maximum absolute atomic E-state index is 6.16. The molecule has 0 saturated carbocycles. The third-order valence-corrected chi connectivity index (χ3v) is 3.93. The fraction of sp³-hybridized carbons (Fsp3) is 0.231. The van der Waals surface area contributed by atoms with Crippen molar-refractivity contribution in [2.45, 2.75) is 19.5 Å². The topological polar surface area (TPSA) is 12.0 Å². The van der Waals surface area contributed by atoms with Gasteiger partial charge in [0.05, 0.1) is 0 Å². The number of halogens is 2. The van der Waals surface area contributed by atoms with Crippen molar-refractivity contribution in [3.8, 4) is 0 Å². The maximum Gasteiger partial charge on any atom is 0.0454 e. The molecule has 17 heavy (non-hydrogen) atoms. The fourth-order valence-corrected chi connectivity index (χ4v) is 2.75. The minimum Gasteiger partial charge on any atom is -0.306 e. The van der Waals surface area contributed by atoms with Crippen molar-refractivity contribution in [2.24, 2.45) is 0 Å². The Kier molecular flexibility index (Phi) is 4.46. The van der Waals surface area contributed by atoms with Gasteiger partial charge in [0.25, 0.3) is 0 Å². The molecule has 0 spiro atoms. The van der Waals surface area contributed by atoms with Gasteiger partial charge < -0.3 is 5.32 Å². The Hall–Kier alpha value is -0.540. The van der Waals surface area contributed by atoms with Crippen molar-refractivity contribution in [1.82, 2.24) is 5.32 Å². The second kappa shape index (κ2) is 5.87. The van der Waals surface area contributed by atoms with Crippen LogP contribution in [-0.4, -0.2) is 0 Å². The molecule has 0 aliphatic heterocycles. The Labute approximate surface area is 115 Å². The Morgan fingerprint density at radius 1 is 1.29 bits per heavy atom. The molecule has 2 aromatic rings. The molecule has 1 nitrogen and oxygen atoms in total. The molecule has 0 radical (unpaired) electrons. The van der Waals surface area contributed by atoms with Crippen LogP contribution in [0.25, 0.3) is 0 Å². The molecule has 1 N–H and O–H groups in total. The Morgan fingerprint density at radius 3 is 2.82 bits per heavy atom. The molecular weight excluding hydrogens is 273 g/mol. The molecule has 1 atom stereocenters. The molecule has 4 heteroatoms. The Balaban J connectivity index is 2.04. The molecule has 90 valence electrons. The van der Waals surface area contributed by atoms with Crippen LogP contribution < -0.4 is 5.32 Å². The van der Waals surface area contributed by atoms with E-state index in [9.17, 15) is 0 Å². The van der Waals surface area contributed by atoms with Crippen LogP contribution in [0.1, 0.15) is 24.1 Å². The zero-order valence-electron chi connectivity index (χ0n) is 9.41. The molecule has 1 unspecified atom stereocenters. The molecule has 0 saturated heterocycles. The minimum atomic E-state index is 0.182. The average Bonchev–Trinajstić information content (AvgIpc) is 2.82. The first-order valence-corrected chi connectivity index (χ1v) is 7.06. The van der Waals surface area contributed by atoms with E-state index in [-0.39, 0.29) is 6.04 Å². The van der Waals surface area contributed by atoms with Crippen LogP contribution in [-0.2, 0) is 6.54 Å². The summed E-state index contributed by atoms with van der Waals surface area (Å²) in [6, 6.07) is 7.85. The quantitative estimate of drug-likeness (QED) is 0.842. The van der Waals surface area contributed by atoms with Gasteiger partial charge in [-0.1, -0.05) is 23.2 Å². The van der Waals surface area contributed by atoms with Crippen LogP contribution in [0.3, 0.4) is 0 Å². The smallest absolute Gasteiger partial charge is 0.0454 e. The summed E-state index contributed by atoms with van der Waals surface area (Å²) in [6.07, 6.45) is 0. The summed E-state index contributed by atoms with van der Waals surface area (Å²) < 4.78 is 0. The molecular formula is C13H13Cl2NS. The van der Waals surface area contributed by atoms with E-state index in [1.807, 2.05) is 12.1 Å². The summed E-state index contributed by atoms with van der Waals surface area (Å²) in [6.45, 7) is 2.93. The molecule has 1 aromatic carbocycles. The number of rotatable bonds is 4. The van der Waals surface area contributed by atoms with Crippen LogP contribution >= 0.6 is 34.5 Å². The molecule has 0 amide bonds. The van der Waals surface area contributed by atoms with Gasteiger partial charge in [-0.2, -0.15) is 11.3 Å². The summed E-state index contributed by atoms with van der Waals surface area (Å²) in [4.78, 5) is 0. The molecule has 2 rings (SSSR count). The molecule has 0 aliphatic carbocycles. The van der Waals surface area contributed by atoms with Crippen molar-refractivity contribution < 1.29 is 0 Å². The van der Waals surface area contributed by atoms with Gasteiger partial charge in [-0.3, -0.25) is 0 Å². The van der Waals surface area contributed by atoms with Crippen molar-refractivity contribution in [1.29, 1.82) is 0 Å². The standard InChI is InChI=1S/C13H13Cl2NS/c1-9(16-7-10-4-5-17-8-10)12-6-11(14)2-3-13(12)15/h2-6,8-9,16H,7H2,1H3. The van der Waals surface area contributed by atoms with Crippen LogP contribution in [0.15, 0.2) is 35.0 Å². The highest BCUT2D eigenvalue weighted by molar-refractivity contribution is 7.07. The van der Waals surface area contributed by atoms with E-state index in [0.29, 0.717) is 5.02 Å². The monoisotopic (exact) mass is 285 g/mol. The number of thiophene rings is 1. The lowest BCUT2D eigenvalue weighted by atomic mass is 10.1. The first-order chi connectivity index (χ1) is 8.16. The summed E-state index contributed by atoms with van der Waals surface area (Å²) >= 11 is 13.8. The number of nitrogens with one attached hydrogen (secondary N) is 1. The Morgan fingerprint density at radius 2 is 2.12 bits per heavy atom. The Bertz CT molecular complexity index is 482. The zero-order valence-corrected chi connectivity index (χ0v) is 11.7. The molecule has 0 fully saturated rings. The van der Waals surface area contributed by atoms with Crippen molar-refractivity contribution in [2.75, 3.05) is 0 Å². The van der Waals surface area contributed by atoms with Crippen LogP contribution in [0, 0.1) is 0 Å². The number of hydrogen-bond donors (Lipinski definition) is 1. The predicted octanol–water partition coefficient (Wildman–Crippen LogP) is 4.91. The predicted molar refractivity (Wildman–Crippen MR) is 76.0 cm³/mol. The average molecular weight is 286 g/mol. The molecule has 0 bridgehead atoms. The summed E-state index contributed by atoms with van der Waals surface area (Å²) in [5.41, 5.74) is 2.33. The summed E-state index contributed by atoms with van der Waals surface area (Å²) in [5, 5.41) is 9.11. The lowest BCUT2D eigenvalue weighted by Gasteiger charge is -2.15. The highest BCUT2D eigenvalue weighted by Crippen LogP contribution is 2.26. The van der Waals surface area contributed by atoms with Crippen LogP contribution in [0.2, 0.25) is 10.0 Å². The van der Waals surface area contributed by atoms with E-state index in [1.165, 1.54) is 5.56 Å². The first-order valence-electron chi connectivity index (χ1n) is 5.36. The minimum absolute atomic E-state index is 0.182. The van der Waals surface area contributed by atoms with E-state index in [4.69, 9.17) is 23.2 Å². The largest absolute Gasteiger partial charge is 0.306 e. The molecule has 1 aromatic heterocycles. The normalized spacial score (nSPS) is 12.6. The van der Waals surface area contributed by atoms with E-state index in [0.717, 1.165) is 17.1 Å². The second-order valence-electron chi connectivity index (χ2n) is 3.90. The number of benzene rings is 1. The van der Waals surface area contributed by atoms with E-state index < -0.39 is 0 Å². The molecule has 1 heterocycles. The SMILES string of the molecule is CC(NCc1ccsc1)c1cc(Cl)ccc1Cl. The summed E-state index contributed by atoms with van der Waals surface area (Å²) in [7, 11) is 0. The third kappa shape index (κ3) is 3.46. The van der Waals surface area contributed by atoms with Gasteiger partial charge in [0.2, 0.25) is 0 Å². The highest BCUT2D eigenvalue weighted by Gasteiger charge is 2.09. The first kappa shape index (κ1) is 12.9. The van der Waals surface area contributed by atoms with Crippen molar-refractivity contribution in [3.05, 3.63) is 56.2 Å². The van der Waals surface area contributed by atoms with Crippen molar-refractivity contribution in [3.63, 3.8) is 0 Å².